The quantitative estimate of drug-likeness (QED) is 0.673. The molecule has 0 spiro atoms. The Labute approximate surface area is 76.8 Å². The van der Waals surface area contributed by atoms with E-state index in [0.29, 0.717) is 0 Å². The lowest BCUT2D eigenvalue weighted by atomic mass is 10.2. The Morgan fingerprint density at radius 2 is 1.69 bits per heavy atom. The minimum Gasteiger partial charge on any atom is -0.497 e. The van der Waals surface area contributed by atoms with Gasteiger partial charge >= 0.3 is 0 Å². The maximum Gasteiger partial charge on any atom is 0.165 e. The van der Waals surface area contributed by atoms with Crippen molar-refractivity contribution in [2.45, 2.75) is 6.17 Å². The van der Waals surface area contributed by atoms with Gasteiger partial charge in [0.15, 0.2) is 6.17 Å². The number of nitrogens with zero attached hydrogens (tertiary/aromatic N) is 2. The summed E-state index contributed by atoms with van der Waals surface area (Å²) in [6.07, 6.45) is 3.38. The lowest BCUT2D eigenvalue weighted by Gasteiger charge is -2.05. The minimum atomic E-state index is -0.0501. The van der Waals surface area contributed by atoms with Crippen molar-refractivity contribution in [3.63, 3.8) is 0 Å². The van der Waals surface area contributed by atoms with Crippen LogP contribution in [-0.2, 0) is 0 Å². The van der Waals surface area contributed by atoms with Crippen LogP contribution < -0.4 is 4.74 Å². The molecule has 2 rings (SSSR count). The van der Waals surface area contributed by atoms with Crippen molar-refractivity contribution in [2.75, 3.05) is 7.11 Å². The standard InChI is InChI=1S/C10H10N2O/c1-13-9-4-2-8(3-5-9)10-11-6-7-12-10/h2-7,10H,1H3. The van der Waals surface area contributed by atoms with Gasteiger partial charge in [0.05, 0.1) is 7.11 Å². The van der Waals surface area contributed by atoms with Crippen LogP contribution in [0.4, 0.5) is 0 Å². The van der Waals surface area contributed by atoms with E-state index in [1.807, 2.05) is 24.3 Å². The summed E-state index contributed by atoms with van der Waals surface area (Å²) in [6, 6.07) is 7.78. The van der Waals surface area contributed by atoms with Gasteiger partial charge < -0.3 is 4.74 Å². The van der Waals surface area contributed by atoms with Crippen LogP contribution in [0.1, 0.15) is 11.7 Å². The molecule has 0 radical (unpaired) electrons. The second kappa shape index (κ2) is 3.39. The maximum atomic E-state index is 5.05. The Hall–Kier alpha value is -1.64. The normalized spacial score (nSPS) is 15.2. The van der Waals surface area contributed by atoms with Crippen molar-refractivity contribution in [2.24, 2.45) is 9.98 Å². The third kappa shape index (κ3) is 1.59. The van der Waals surface area contributed by atoms with Gasteiger partial charge in [-0.15, -0.1) is 0 Å². The monoisotopic (exact) mass is 174 g/mol. The van der Waals surface area contributed by atoms with E-state index in [1.165, 1.54) is 0 Å². The van der Waals surface area contributed by atoms with Gasteiger partial charge in [0, 0.05) is 12.4 Å². The molecule has 66 valence electrons. The van der Waals surface area contributed by atoms with Gasteiger partial charge in [-0.2, -0.15) is 0 Å². The fraction of sp³-hybridized carbons (Fsp3) is 0.200. The van der Waals surface area contributed by atoms with Crippen molar-refractivity contribution in [3.05, 3.63) is 29.8 Å². The number of methoxy groups -OCH3 is 1. The fourth-order valence-corrected chi connectivity index (χ4v) is 1.23. The summed E-state index contributed by atoms with van der Waals surface area (Å²) < 4.78 is 5.05. The zero-order chi connectivity index (χ0) is 9.10. The van der Waals surface area contributed by atoms with E-state index >= 15 is 0 Å². The average Bonchev–Trinajstić information content (AvgIpc) is 2.71. The smallest absolute Gasteiger partial charge is 0.165 e. The van der Waals surface area contributed by atoms with E-state index < -0.39 is 0 Å². The Bertz CT molecular complexity index is 328. The molecule has 0 N–H and O–H groups in total. The molecular formula is C10H10N2O. The molecule has 0 saturated carbocycles. The molecule has 0 aromatic heterocycles. The van der Waals surface area contributed by atoms with Crippen LogP contribution in [0.15, 0.2) is 34.3 Å². The number of rotatable bonds is 2. The summed E-state index contributed by atoms with van der Waals surface area (Å²) in [7, 11) is 1.65. The van der Waals surface area contributed by atoms with Gasteiger partial charge in [0.1, 0.15) is 5.75 Å². The number of ether oxygens (including phenoxy) is 1. The van der Waals surface area contributed by atoms with Crippen LogP contribution in [0.25, 0.3) is 0 Å². The first-order valence-corrected chi connectivity index (χ1v) is 4.09. The predicted octanol–water partition coefficient (Wildman–Crippen LogP) is 1.85. The van der Waals surface area contributed by atoms with E-state index in [-0.39, 0.29) is 6.17 Å². The molecule has 0 amide bonds. The van der Waals surface area contributed by atoms with Crippen molar-refractivity contribution in [1.82, 2.24) is 0 Å². The molecule has 1 heterocycles. The number of benzene rings is 1. The summed E-state index contributed by atoms with van der Waals surface area (Å²) >= 11 is 0. The van der Waals surface area contributed by atoms with Crippen molar-refractivity contribution in [1.29, 1.82) is 0 Å². The number of aliphatic imine (C=N–C) groups is 2. The van der Waals surface area contributed by atoms with E-state index in [0.717, 1.165) is 11.3 Å². The first-order chi connectivity index (χ1) is 6.40. The second-order valence-corrected chi connectivity index (χ2v) is 2.74. The highest BCUT2D eigenvalue weighted by Crippen LogP contribution is 2.22. The lowest BCUT2D eigenvalue weighted by molar-refractivity contribution is 0.414. The van der Waals surface area contributed by atoms with Crippen LogP contribution in [-0.4, -0.2) is 19.5 Å². The highest BCUT2D eigenvalue weighted by Gasteiger charge is 2.08. The molecule has 0 saturated heterocycles. The van der Waals surface area contributed by atoms with Crippen LogP contribution in [0, 0.1) is 0 Å². The maximum absolute atomic E-state index is 5.05. The Morgan fingerprint density at radius 3 is 2.23 bits per heavy atom. The molecule has 0 bridgehead atoms. The third-order valence-corrected chi connectivity index (χ3v) is 1.94. The molecular weight excluding hydrogens is 164 g/mol. The molecule has 1 aromatic rings. The Morgan fingerprint density at radius 1 is 1.08 bits per heavy atom. The SMILES string of the molecule is COc1ccc(C2N=CC=N2)cc1. The lowest BCUT2D eigenvalue weighted by Crippen LogP contribution is -1.89. The van der Waals surface area contributed by atoms with Crippen LogP contribution in [0.5, 0.6) is 5.75 Å². The molecule has 0 unspecified atom stereocenters. The molecule has 0 aliphatic carbocycles. The molecule has 1 aliphatic rings. The molecule has 0 fully saturated rings. The van der Waals surface area contributed by atoms with Gasteiger partial charge in [-0.05, 0) is 17.7 Å². The summed E-state index contributed by atoms with van der Waals surface area (Å²) in [4.78, 5) is 8.35. The van der Waals surface area contributed by atoms with E-state index in [2.05, 4.69) is 9.98 Å². The summed E-state index contributed by atoms with van der Waals surface area (Å²) in [5, 5.41) is 0. The largest absolute Gasteiger partial charge is 0.497 e. The number of hydrogen-bond donors (Lipinski definition) is 0. The molecule has 1 aromatic carbocycles. The zero-order valence-electron chi connectivity index (χ0n) is 7.34. The molecule has 0 atom stereocenters. The summed E-state index contributed by atoms with van der Waals surface area (Å²) in [6.45, 7) is 0. The van der Waals surface area contributed by atoms with Crippen molar-refractivity contribution < 1.29 is 4.74 Å². The Balaban J connectivity index is 2.22. The summed E-state index contributed by atoms with van der Waals surface area (Å²) in [5.74, 6) is 0.856. The molecule has 1 aliphatic heterocycles. The molecule has 13 heavy (non-hydrogen) atoms. The van der Waals surface area contributed by atoms with Gasteiger partial charge in [-0.25, -0.2) is 0 Å². The third-order valence-electron chi connectivity index (χ3n) is 1.94. The van der Waals surface area contributed by atoms with Crippen LogP contribution >= 0.6 is 0 Å². The molecule has 3 heteroatoms. The van der Waals surface area contributed by atoms with Crippen molar-refractivity contribution >= 4 is 12.4 Å². The van der Waals surface area contributed by atoms with Crippen LogP contribution in [0.2, 0.25) is 0 Å². The highest BCUT2D eigenvalue weighted by molar-refractivity contribution is 6.17. The minimum absolute atomic E-state index is 0.0501. The van der Waals surface area contributed by atoms with E-state index in [9.17, 15) is 0 Å². The number of hydrogen-bond acceptors (Lipinski definition) is 3. The van der Waals surface area contributed by atoms with Gasteiger partial charge in [-0.3, -0.25) is 9.98 Å². The summed E-state index contributed by atoms with van der Waals surface area (Å²) in [5.41, 5.74) is 1.09. The zero-order valence-corrected chi connectivity index (χ0v) is 7.34. The van der Waals surface area contributed by atoms with Gasteiger partial charge in [0.2, 0.25) is 0 Å². The highest BCUT2D eigenvalue weighted by atomic mass is 16.5. The van der Waals surface area contributed by atoms with E-state index in [1.54, 1.807) is 19.5 Å². The fourth-order valence-electron chi connectivity index (χ4n) is 1.23. The van der Waals surface area contributed by atoms with E-state index in [4.69, 9.17) is 4.74 Å². The van der Waals surface area contributed by atoms with Crippen LogP contribution in [0.3, 0.4) is 0 Å². The van der Waals surface area contributed by atoms with Gasteiger partial charge in [-0.1, -0.05) is 12.1 Å². The average molecular weight is 174 g/mol. The first kappa shape index (κ1) is 7.98. The first-order valence-electron chi connectivity index (χ1n) is 4.09. The topological polar surface area (TPSA) is 34.0 Å². The second-order valence-electron chi connectivity index (χ2n) is 2.74. The van der Waals surface area contributed by atoms with Gasteiger partial charge in [0.25, 0.3) is 0 Å². The Kier molecular flexibility index (Phi) is 2.08. The molecule has 3 nitrogen and oxygen atoms in total. The predicted molar refractivity (Wildman–Crippen MR) is 52.7 cm³/mol. The van der Waals surface area contributed by atoms with Crippen molar-refractivity contribution in [3.8, 4) is 5.75 Å².